The maximum atomic E-state index is 11.0. The fourth-order valence-electron chi connectivity index (χ4n) is 3.78. The van der Waals surface area contributed by atoms with E-state index in [1.807, 2.05) is 12.1 Å². The van der Waals surface area contributed by atoms with Crippen molar-refractivity contribution < 1.29 is 9.53 Å². The second-order valence-electron chi connectivity index (χ2n) is 6.17. The second kappa shape index (κ2) is 6.48. The van der Waals surface area contributed by atoms with Gasteiger partial charge in [-0.25, -0.2) is 0 Å². The molecule has 1 saturated carbocycles. The number of carbonyl (C=O) groups excluding carboxylic acids is 1. The molecule has 0 aromatic heterocycles. The van der Waals surface area contributed by atoms with Crippen LogP contribution in [0.4, 0.5) is 0 Å². The molecule has 21 heavy (non-hydrogen) atoms. The third kappa shape index (κ3) is 3.38. The quantitative estimate of drug-likeness (QED) is 0.818. The van der Waals surface area contributed by atoms with Crippen molar-refractivity contribution >= 4 is 5.91 Å². The molecule has 1 amide bonds. The molecule has 114 valence electrons. The minimum Gasteiger partial charge on any atom is -0.494 e. The van der Waals surface area contributed by atoms with E-state index < -0.39 is 5.91 Å². The van der Waals surface area contributed by atoms with E-state index in [4.69, 9.17) is 10.5 Å². The number of nitrogens with two attached hydrogens (primary N) is 1. The standard InChI is InChI=1S/C17H24N2O2/c18-17(20)14-5-7-15(8-6-14)21-12-2-10-19-11-9-13-3-1-4-16(13)19/h5-8,13,16H,1-4,9-12H2,(H2,18,20)/t13-,16-/m1/s1. The van der Waals surface area contributed by atoms with Gasteiger partial charge in [0.05, 0.1) is 6.61 Å². The first-order chi connectivity index (χ1) is 10.2. The predicted molar refractivity (Wildman–Crippen MR) is 82.4 cm³/mol. The van der Waals surface area contributed by atoms with Gasteiger partial charge in [0.25, 0.3) is 0 Å². The van der Waals surface area contributed by atoms with E-state index in [0.717, 1.165) is 37.3 Å². The molecule has 4 heteroatoms. The summed E-state index contributed by atoms with van der Waals surface area (Å²) in [5.74, 6) is 1.37. The topological polar surface area (TPSA) is 55.6 Å². The number of likely N-dealkylation sites (tertiary alicyclic amines) is 1. The van der Waals surface area contributed by atoms with Crippen molar-refractivity contribution in [3.63, 3.8) is 0 Å². The van der Waals surface area contributed by atoms with E-state index in [2.05, 4.69) is 4.90 Å². The van der Waals surface area contributed by atoms with Gasteiger partial charge in [-0.2, -0.15) is 0 Å². The van der Waals surface area contributed by atoms with Gasteiger partial charge >= 0.3 is 0 Å². The van der Waals surface area contributed by atoms with Gasteiger partial charge in [-0.15, -0.1) is 0 Å². The van der Waals surface area contributed by atoms with E-state index in [1.54, 1.807) is 12.1 Å². The molecule has 0 spiro atoms. The van der Waals surface area contributed by atoms with E-state index >= 15 is 0 Å². The molecule has 0 bridgehead atoms. The highest BCUT2D eigenvalue weighted by molar-refractivity contribution is 5.92. The van der Waals surface area contributed by atoms with Crippen LogP contribution in [0, 0.1) is 5.92 Å². The number of hydrogen-bond acceptors (Lipinski definition) is 3. The fourth-order valence-corrected chi connectivity index (χ4v) is 3.78. The van der Waals surface area contributed by atoms with Gasteiger partial charge < -0.3 is 10.5 Å². The number of hydrogen-bond donors (Lipinski definition) is 1. The number of ether oxygens (including phenoxy) is 1. The largest absolute Gasteiger partial charge is 0.494 e. The lowest BCUT2D eigenvalue weighted by atomic mass is 10.0. The summed E-state index contributed by atoms with van der Waals surface area (Å²) in [5.41, 5.74) is 5.73. The molecule has 2 aliphatic rings. The van der Waals surface area contributed by atoms with Gasteiger partial charge in [0, 0.05) is 18.2 Å². The van der Waals surface area contributed by atoms with Gasteiger partial charge in [0.2, 0.25) is 5.91 Å². The monoisotopic (exact) mass is 288 g/mol. The summed E-state index contributed by atoms with van der Waals surface area (Å²) in [6.45, 7) is 3.13. The molecule has 3 rings (SSSR count). The minimum absolute atomic E-state index is 0.401. The zero-order valence-corrected chi connectivity index (χ0v) is 12.5. The zero-order chi connectivity index (χ0) is 14.7. The van der Waals surface area contributed by atoms with E-state index in [-0.39, 0.29) is 0 Å². The summed E-state index contributed by atoms with van der Waals surface area (Å²) >= 11 is 0. The average molecular weight is 288 g/mol. The lowest BCUT2D eigenvalue weighted by Gasteiger charge is -2.23. The Bertz CT molecular complexity index is 486. The Labute approximate surface area is 126 Å². The third-order valence-corrected chi connectivity index (χ3v) is 4.87. The van der Waals surface area contributed by atoms with Crippen molar-refractivity contribution in [3.05, 3.63) is 29.8 Å². The van der Waals surface area contributed by atoms with Gasteiger partial charge in [-0.05, 0) is 62.4 Å². The number of primary amides is 1. The minimum atomic E-state index is -0.401. The number of amides is 1. The molecule has 0 radical (unpaired) electrons. The molecule has 0 unspecified atom stereocenters. The van der Waals surface area contributed by atoms with Crippen LogP contribution in [0.5, 0.6) is 5.75 Å². The summed E-state index contributed by atoms with van der Waals surface area (Å²) in [6.07, 6.45) is 6.68. The lowest BCUT2D eigenvalue weighted by Crippen LogP contribution is -2.31. The van der Waals surface area contributed by atoms with Gasteiger partial charge in [0.1, 0.15) is 5.75 Å². The molecule has 1 aromatic rings. The number of carbonyl (C=O) groups is 1. The number of rotatable bonds is 6. The van der Waals surface area contributed by atoms with Crippen LogP contribution in [0.1, 0.15) is 42.5 Å². The zero-order valence-electron chi connectivity index (χ0n) is 12.5. The summed E-state index contributed by atoms with van der Waals surface area (Å²) in [7, 11) is 0. The van der Waals surface area contributed by atoms with Crippen LogP contribution in [-0.2, 0) is 0 Å². The summed E-state index contributed by atoms with van der Waals surface area (Å²) in [4.78, 5) is 13.6. The third-order valence-electron chi connectivity index (χ3n) is 4.87. The first-order valence-electron chi connectivity index (χ1n) is 8.01. The molecular weight excluding hydrogens is 264 g/mol. The Morgan fingerprint density at radius 2 is 2.05 bits per heavy atom. The van der Waals surface area contributed by atoms with Gasteiger partial charge in [-0.1, -0.05) is 6.42 Å². The van der Waals surface area contributed by atoms with Crippen molar-refractivity contribution in [2.75, 3.05) is 19.7 Å². The van der Waals surface area contributed by atoms with Crippen LogP contribution in [0.15, 0.2) is 24.3 Å². The Morgan fingerprint density at radius 3 is 2.81 bits per heavy atom. The molecule has 1 saturated heterocycles. The number of benzene rings is 1. The summed E-state index contributed by atoms with van der Waals surface area (Å²) in [6, 6.07) is 7.88. The molecule has 4 nitrogen and oxygen atoms in total. The van der Waals surface area contributed by atoms with Crippen molar-refractivity contribution in [1.82, 2.24) is 4.90 Å². The molecule has 1 aliphatic heterocycles. The van der Waals surface area contributed by atoms with Gasteiger partial charge in [-0.3, -0.25) is 9.69 Å². The van der Waals surface area contributed by atoms with Crippen LogP contribution in [0.3, 0.4) is 0 Å². The van der Waals surface area contributed by atoms with Crippen LogP contribution in [0.25, 0.3) is 0 Å². The van der Waals surface area contributed by atoms with Crippen LogP contribution < -0.4 is 10.5 Å². The highest BCUT2D eigenvalue weighted by atomic mass is 16.5. The smallest absolute Gasteiger partial charge is 0.248 e. The van der Waals surface area contributed by atoms with Gasteiger partial charge in [0.15, 0.2) is 0 Å². The lowest BCUT2D eigenvalue weighted by molar-refractivity contribution is 0.100. The molecular formula is C17H24N2O2. The highest BCUT2D eigenvalue weighted by Gasteiger charge is 2.36. The Kier molecular flexibility index (Phi) is 4.44. The molecule has 1 aliphatic carbocycles. The van der Waals surface area contributed by atoms with Crippen LogP contribution >= 0.6 is 0 Å². The average Bonchev–Trinajstić information content (AvgIpc) is 3.08. The van der Waals surface area contributed by atoms with Crippen molar-refractivity contribution in [1.29, 1.82) is 0 Å². The predicted octanol–water partition coefficient (Wildman–Crippen LogP) is 2.43. The SMILES string of the molecule is NC(=O)c1ccc(OCCCN2CC[C@H]3CCC[C@H]32)cc1. The molecule has 1 aromatic carbocycles. The number of fused-ring (bicyclic) bond motifs is 1. The highest BCUT2D eigenvalue weighted by Crippen LogP contribution is 2.37. The summed E-state index contributed by atoms with van der Waals surface area (Å²) in [5, 5.41) is 0. The second-order valence-corrected chi connectivity index (χ2v) is 6.17. The van der Waals surface area contributed by atoms with Crippen molar-refractivity contribution in [2.45, 2.75) is 38.1 Å². The molecule has 2 fully saturated rings. The number of nitrogens with zero attached hydrogens (tertiary/aromatic N) is 1. The van der Waals surface area contributed by atoms with Crippen molar-refractivity contribution in [3.8, 4) is 5.75 Å². The normalized spacial score (nSPS) is 25.0. The van der Waals surface area contributed by atoms with E-state index in [0.29, 0.717) is 5.56 Å². The Balaban J connectivity index is 1.39. The molecule has 2 atom stereocenters. The van der Waals surface area contributed by atoms with Crippen LogP contribution in [0.2, 0.25) is 0 Å². The maximum absolute atomic E-state index is 11.0. The summed E-state index contributed by atoms with van der Waals surface area (Å²) < 4.78 is 5.73. The Morgan fingerprint density at radius 1 is 1.24 bits per heavy atom. The Hall–Kier alpha value is -1.55. The molecule has 2 N–H and O–H groups in total. The first kappa shape index (κ1) is 14.4. The first-order valence-corrected chi connectivity index (χ1v) is 8.01. The van der Waals surface area contributed by atoms with E-state index in [1.165, 1.54) is 32.2 Å². The van der Waals surface area contributed by atoms with Crippen molar-refractivity contribution in [2.24, 2.45) is 11.7 Å². The van der Waals surface area contributed by atoms with Crippen LogP contribution in [-0.4, -0.2) is 36.5 Å². The molecule has 1 heterocycles. The fraction of sp³-hybridized carbons (Fsp3) is 0.588. The van der Waals surface area contributed by atoms with E-state index in [9.17, 15) is 4.79 Å². The maximum Gasteiger partial charge on any atom is 0.248 e.